The van der Waals surface area contributed by atoms with E-state index in [2.05, 4.69) is 22.3 Å². The van der Waals surface area contributed by atoms with Gasteiger partial charge in [-0.2, -0.15) is 5.10 Å². The van der Waals surface area contributed by atoms with Crippen LogP contribution < -0.4 is 10.1 Å². The molecule has 0 saturated carbocycles. The van der Waals surface area contributed by atoms with E-state index in [0.717, 1.165) is 30.1 Å². The summed E-state index contributed by atoms with van der Waals surface area (Å²) in [5, 5.41) is 8.36. The lowest BCUT2D eigenvalue weighted by molar-refractivity contribution is 0.399. The molecule has 1 atom stereocenters. The molecule has 2 aromatic rings. The van der Waals surface area contributed by atoms with Gasteiger partial charge in [-0.05, 0) is 25.1 Å². The van der Waals surface area contributed by atoms with Crippen LogP contribution in [0.4, 0.5) is 0 Å². The highest BCUT2D eigenvalue weighted by atomic mass is 35.5. The number of rotatable bonds is 6. The molecule has 2 aromatic heterocycles. The average Bonchev–Trinajstić information content (AvgIpc) is 2.82. The van der Waals surface area contributed by atoms with E-state index in [-0.39, 0.29) is 6.04 Å². The van der Waals surface area contributed by atoms with Gasteiger partial charge in [0.1, 0.15) is 5.69 Å². The first-order chi connectivity index (χ1) is 9.67. The van der Waals surface area contributed by atoms with Gasteiger partial charge in [0.2, 0.25) is 0 Å². The Balaban J connectivity index is 2.41. The number of nitrogens with zero attached hydrogens (tertiary/aromatic N) is 3. The zero-order valence-electron chi connectivity index (χ0n) is 11.9. The van der Waals surface area contributed by atoms with E-state index in [1.807, 2.05) is 23.9 Å². The Morgan fingerprint density at radius 1 is 1.40 bits per heavy atom. The summed E-state index contributed by atoms with van der Waals surface area (Å²) in [5.41, 5.74) is 1.85. The lowest BCUT2D eigenvalue weighted by Gasteiger charge is -2.19. The summed E-state index contributed by atoms with van der Waals surface area (Å²) in [4.78, 5) is 4.41. The molecule has 1 N–H and O–H groups in total. The molecular weight excluding hydrogens is 276 g/mol. The number of pyridine rings is 1. The molecule has 0 aliphatic carbocycles. The van der Waals surface area contributed by atoms with E-state index < -0.39 is 0 Å². The van der Waals surface area contributed by atoms with E-state index in [1.54, 1.807) is 19.5 Å². The Morgan fingerprint density at radius 2 is 2.20 bits per heavy atom. The first kappa shape index (κ1) is 14.8. The Hall–Kier alpha value is -1.59. The van der Waals surface area contributed by atoms with Crippen LogP contribution in [0.2, 0.25) is 5.02 Å². The zero-order valence-corrected chi connectivity index (χ0v) is 12.7. The maximum Gasteiger partial charge on any atom is 0.161 e. The summed E-state index contributed by atoms with van der Waals surface area (Å²) in [6, 6.07) is 3.69. The van der Waals surface area contributed by atoms with E-state index in [1.165, 1.54) is 0 Å². The molecule has 0 saturated heterocycles. The average molecular weight is 295 g/mol. The SMILES string of the molecule is CCCNC(c1ccc(Cl)cn1)c1c(OC)cnn1C. The second kappa shape index (κ2) is 6.72. The fourth-order valence-electron chi connectivity index (χ4n) is 2.10. The Bertz CT molecular complexity index is 553. The molecule has 2 heterocycles. The lowest BCUT2D eigenvalue weighted by atomic mass is 10.1. The van der Waals surface area contributed by atoms with Crippen molar-refractivity contribution >= 4 is 11.6 Å². The summed E-state index contributed by atoms with van der Waals surface area (Å²) in [7, 11) is 3.54. The van der Waals surface area contributed by atoms with E-state index >= 15 is 0 Å². The first-order valence-corrected chi connectivity index (χ1v) is 6.95. The number of methoxy groups -OCH3 is 1. The minimum Gasteiger partial charge on any atom is -0.493 e. The van der Waals surface area contributed by atoms with Gasteiger partial charge in [0.05, 0.1) is 30.1 Å². The van der Waals surface area contributed by atoms with Crippen LogP contribution in [0.3, 0.4) is 0 Å². The molecule has 1 unspecified atom stereocenters. The van der Waals surface area contributed by atoms with Crippen LogP contribution in [0.1, 0.15) is 30.8 Å². The third-order valence-corrected chi connectivity index (χ3v) is 3.31. The van der Waals surface area contributed by atoms with Crippen molar-refractivity contribution in [3.05, 3.63) is 40.9 Å². The largest absolute Gasteiger partial charge is 0.493 e. The minimum absolute atomic E-state index is 0.0744. The van der Waals surface area contributed by atoms with Crippen molar-refractivity contribution < 1.29 is 4.74 Å². The van der Waals surface area contributed by atoms with Gasteiger partial charge in [0.15, 0.2) is 5.75 Å². The van der Waals surface area contributed by atoms with Crippen LogP contribution in [-0.4, -0.2) is 28.4 Å². The van der Waals surface area contributed by atoms with E-state index in [4.69, 9.17) is 16.3 Å². The van der Waals surface area contributed by atoms with Gasteiger partial charge in [0, 0.05) is 13.2 Å². The van der Waals surface area contributed by atoms with Crippen LogP contribution in [0.5, 0.6) is 5.75 Å². The number of nitrogens with one attached hydrogen (secondary N) is 1. The maximum absolute atomic E-state index is 5.91. The molecule has 0 aliphatic rings. The molecule has 0 spiro atoms. The maximum atomic E-state index is 5.91. The van der Waals surface area contributed by atoms with Crippen LogP contribution in [0.15, 0.2) is 24.5 Å². The number of aromatic nitrogens is 3. The van der Waals surface area contributed by atoms with Crippen LogP contribution >= 0.6 is 11.6 Å². The van der Waals surface area contributed by atoms with Crippen molar-refractivity contribution in [3.63, 3.8) is 0 Å². The molecule has 0 fully saturated rings. The summed E-state index contributed by atoms with van der Waals surface area (Å²) < 4.78 is 7.20. The van der Waals surface area contributed by atoms with Gasteiger partial charge in [-0.15, -0.1) is 0 Å². The predicted octanol–water partition coefficient (Wildman–Crippen LogP) is 2.57. The molecule has 0 radical (unpaired) electrons. The number of hydrogen-bond donors (Lipinski definition) is 1. The monoisotopic (exact) mass is 294 g/mol. The third kappa shape index (κ3) is 3.11. The van der Waals surface area contributed by atoms with Crippen molar-refractivity contribution in [3.8, 4) is 5.75 Å². The molecule has 6 heteroatoms. The van der Waals surface area contributed by atoms with Gasteiger partial charge >= 0.3 is 0 Å². The summed E-state index contributed by atoms with van der Waals surface area (Å²) >= 11 is 5.91. The molecule has 0 aliphatic heterocycles. The first-order valence-electron chi connectivity index (χ1n) is 6.58. The molecule has 0 amide bonds. The molecule has 2 rings (SSSR count). The van der Waals surface area contributed by atoms with Crippen molar-refractivity contribution in [2.24, 2.45) is 7.05 Å². The third-order valence-electron chi connectivity index (χ3n) is 3.09. The van der Waals surface area contributed by atoms with Crippen molar-refractivity contribution in [2.75, 3.05) is 13.7 Å². The van der Waals surface area contributed by atoms with E-state index in [0.29, 0.717) is 5.02 Å². The number of aryl methyl sites for hydroxylation is 1. The predicted molar refractivity (Wildman–Crippen MR) is 79.1 cm³/mol. The molecule has 5 nitrogen and oxygen atoms in total. The smallest absolute Gasteiger partial charge is 0.161 e. The highest BCUT2D eigenvalue weighted by Gasteiger charge is 2.23. The van der Waals surface area contributed by atoms with Gasteiger partial charge in [-0.3, -0.25) is 9.67 Å². The number of hydrogen-bond acceptors (Lipinski definition) is 4. The van der Waals surface area contributed by atoms with Gasteiger partial charge < -0.3 is 10.1 Å². The van der Waals surface area contributed by atoms with E-state index in [9.17, 15) is 0 Å². The topological polar surface area (TPSA) is 52.0 Å². The number of ether oxygens (including phenoxy) is 1. The highest BCUT2D eigenvalue weighted by molar-refractivity contribution is 6.30. The Labute approximate surface area is 123 Å². The second-order valence-electron chi connectivity index (χ2n) is 4.51. The Kier molecular flexibility index (Phi) is 4.98. The van der Waals surface area contributed by atoms with Crippen LogP contribution in [0.25, 0.3) is 0 Å². The molecule has 0 bridgehead atoms. The van der Waals surface area contributed by atoms with Crippen molar-refractivity contribution in [2.45, 2.75) is 19.4 Å². The Morgan fingerprint density at radius 3 is 2.80 bits per heavy atom. The summed E-state index contributed by atoms with van der Waals surface area (Å²) in [5.74, 6) is 0.748. The fraction of sp³-hybridized carbons (Fsp3) is 0.429. The normalized spacial score (nSPS) is 12.4. The molecule has 20 heavy (non-hydrogen) atoms. The van der Waals surface area contributed by atoms with Crippen molar-refractivity contribution in [1.29, 1.82) is 0 Å². The molecule has 108 valence electrons. The second-order valence-corrected chi connectivity index (χ2v) is 4.95. The van der Waals surface area contributed by atoms with Crippen LogP contribution in [0, 0.1) is 0 Å². The zero-order chi connectivity index (χ0) is 14.5. The van der Waals surface area contributed by atoms with Gasteiger partial charge in [-0.1, -0.05) is 18.5 Å². The fourth-order valence-corrected chi connectivity index (χ4v) is 2.21. The number of halogens is 1. The summed E-state index contributed by atoms with van der Waals surface area (Å²) in [6.07, 6.45) is 4.40. The quantitative estimate of drug-likeness (QED) is 0.889. The van der Waals surface area contributed by atoms with Crippen molar-refractivity contribution in [1.82, 2.24) is 20.1 Å². The van der Waals surface area contributed by atoms with Crippen LogP contribution in [-0.2, 0) is 7.05 Å². The summed E-state index contributed by atoms with van der Waals surface area (Å²) in [6.45, 7) is 3.00. The standard InChI is InChI=1S/C14H19ClN4O/c1-4-7-16-13(11-6-5-10(15)8-17-11)14-12(20-3)9-18-19(14)2/h5-6,8-9,13,16H,4,7H2,1-3H3. The molecular formula is C14H19ClN4O. The highest BCUT2D eigenvalue weighted by Crippen LogP contribution is 2.28. The van der Waals surface area contributed by atoms with Gasteiger partial charge in [-0.25, -0.2) is 0 Å². The lowest BCUT2D eigenvalue weighted by Crippen LogP contribution is -2.26. The minimum atomic E-state index is -0.0744. The molecule has 0 aromatic carbocycles. The van der Waals surface area contributed by atoms with Gasteiger partial charge in [0.25, 0.3) is 0 Å².